The number of amides is 1. The second-order valence-corrected chi connectivity index (χ2v) is 8.67. The maximum atomic E-state index is 12.5. The second kappa shape index (κ2) is 7.74. The first-order valence-electron chi connectivity index (χ1n) is 10.4. The van der Waals surface area contributed by atoms with E-state index in [4.69, 9.17) is 4.74 Å². The molecule has 3 saturated carbocycles. The highest BCUT2D eigenvalue weighted by Gasteiger charge is 2.39. The van der Waals surface area contributed by atoms with E-state index in [0.717, 1.165) is 63.4 Å². The summed E-state index contributed by atoms with van der Waals surface area (Å²) in [6.45, 7) is 4.82. The lowest BCUT2D eigenvalue weighted by atomic mass is 9.84. The molecule has 3 unspecified atom stereocenters. The van der Waals surface area contributed by atoms with E-state index < -0.39 is 0 Å². The van der Waals surface area contributed by atoms with Crippen molar-refractivity contribution in [3.05, 3.63) is 0 Å². The standard InChI is InChI=1S/C20H34N2O2/c23-20(21-8-7-18-14-15-1-2-17(18)13-15)16-3-5-19(6-4-16)22-9-11-24-12-10-22/h15-19H,1-14H2,(H,21,23). The Hall–Kier alpha value is -0.610. The van der Waals surface area contributed by atoms with E-state index in [1.165, 1.54) is 44.9 Å². The summed E-state index contributed by atoms with van der Waals surface area (Å²) in [6.07, 6.45) is 11.6. The van der Waals surface area contributed by atoms with Gasteiger partial charge in [-0.25, -0.2) is 0 Å². The fourth-order valence-electron chi connectivity index (χ4n) is 5.90. The van der Waals surface area contributed by atoms with Crippen LogP contribution in [0, 0.1) is 23.7 Å². The molecule has 0 spiro atoms. The van der Waals surface area contributed by atoms with Crippen LogP contribution in [0.15, 0.2) is 0 Å². The normalized spacial score (nSPS) is 39.9. The number of fused-ring (bicyclic) bond motifs is 2. The Bertz CT molecular complexity index is 427. The largest absolute Gasteiger partial charge is 0.379 e. The van der Waals surface area contributed by atoms with Crippen LogP contribution in [0.25, 0.3) is 0 Å². The highest BCUT2D eigenvalue weighted by molar-refractivity contribution is 5.78. The number of nitrogens with zero attached hydrogens (tertiary/aromatic N) is 1. The number of carbonyl (C=O) groups is 1. The van der Waals surface area contributed by atoms with Gasteiger partial charge in [0, 0.05) is 31.6 Å². The summed E-state index contributed by atoms with van der Waals surface area (Å²) in [4.78, 5) is 15.0. The maximum Gasteiger partial charge on any atom is 0.223 e. The molecule has 2 bridgehead atoms. The van der Waals surface area contributed by atoms with Gasteiger partial charge in [0.15, 0.2) is 0 Å². The summed E-state index contributed by atoms with van der Waals surface area (Å²) in [5.41, 5.74) is 0. The first-order valence-corrected chi connectivity index (χ1v) is 10.4. The van der Waals surface area contributed by atoms with Crippen molar-refractivity contribution in [1.82, 2.24) is 10.2 Å². The Labute approximate surface area is 146 Å². The molecule has 4 nitrogen and oxygen atoms in total. The molecule has 136 valence electrons. The summed E-state index contributed by atoms with van der Waals surface area (Å²) in [7, 11) is 0. The number of ether oxygens (including phenoxy) is 1. The minimum atomic E-state index is 0.266. The van der Waals surface area contributed by atoms with Gasteiger partial charge in [-0.2, -0.15) is 0 Å². The van der Waals surface area contributed by atoms with Crippen molar-refractivity contribution in [2.24, 2.45) is 23.7 Å². The molecule has 4 rings (SSSR count). The molecule has 1 aliphatic heterocycles. The Morgan fingerprint density at radius 2 is 1.79 bits per heavy atom. The van der Waals surface area contributed by atoms with Gasteiger partial charge in [-0.05, 0) is 69.1 Å². The minimum Gasteiger partial charge on any atom is -0.379 e. The number of carbonyl (C=O) groups excluding carboxylic acids is 1. The number of rotatable bonds is 5. The van der Waals surface area contributed by atoms with Gasteiger partial charge in [0.05, 0.1) is 13.2 Å². The van der Waals surface area contributed by atoms with E-state index in [0.29, 0.717) is 11.9 Å². The minimum absolute atomic E-state index is 0.266. The van der Waals surface area contributed by atoms with E-state index in [1.54, 1.807) is 0 Å². The lowest BCUT2D eigenvalue weighted by molar-refractivity contribution is -0.126. The van der Waals surface area contributed by atoms with E-state index in [9.17, 15) is 4.79 Å². The van der Waals surface area contributed by atoms with Gasteiger partial charge in [-0.15, -0.1) is 0 Å². The lowest BCUT2D eigenvalue weighted by Gasteiger charge is -2.38. The van der Waals surface area contributed by atoms with Crippen LogP contribution in [0.2, 0.25) is 0 Å². The van der Waals surface area contributed by atoms with Crippen LogP contribution in [-0.4, -0.2) is 49.7 Å². The third-order valence-corrected chi connectivity index (χ3v) is 7.33. The van der Waals surface area contributed by atoms with Crippen molar-refractivity contribution >= 4 is 5.91 Å². The molecule has 3 atom stereocenters. The Morgan fingerprint density at radius 3 is 2.46 bits per heavy atom. The summed E-state index contributed by atoms with van der Waals surface area (Å²) in [5, 5.41) is 3.26. The lowest BCUT2D eigenvalue weighted by Crippen LogP contribution is -2.46. The van der Waals surface area contributed by atoms with Crippen molar-refractivity contribution in [3.63, 3.8) is 0 Å². The average Bonchev–Trinajstić information content (AvgIpc) is 3.26. The zero-order valence-electron chi connectivity index (χ0n) is 15.0. The van der Waals surface area contributed by atoms with Gasteiger partial charge in [-0.3, -0.25) is 9.69 Å². The molecule has 4 heteroatoms. The van der Waals surface area contributed by atoms with Gasteiger partial charge < -0.3 is 10.1 Å². The predicted molar refractivity (Wildman–Crippen MR) is 94.7 cm³/mol. The van der Waals surface area contributed by atoms with Crippen LogP contribution in [0.1, 0.15) is 57.8 Å². The second-order valence-electron chi connectivity index (χ2n) is 8.67. The molecule has 1 saturated heterocycles. The van der Waals surface area contributed by atoms with Gasteiger partial charge in [-0.1, -0.05) is 6.42 Å². The van der Waals surface area contributed by atoms with Crippen molar-refractivity contribution < 1.29 is 9.53 Å². The quantitative estimate of drug-likeness (QED) is 0.840. The van der Waals surface area contributed by atoms with Crippen molar-refractivity contribution in [1.29, 1.82) is 0 Å². The molecule has 1 amide bonds. The number of morpholine rings is 1. The van der Waals surface area contributed by atoms with Crippen molar-refractivity contribution in [2.75, 3.05) is 32.8 Å². The molecule has 4 fully saturated rings. The predicted octanol–water partition coefficient (Wildman–Crippen LogP) is 2.82. The van der Waals surface area contributed by atoms with Crippen LogP contribution >= 0.6 is 0 Å². The molecule has 4 aliphatic rings. The van der Waals surface area contributed by atoms with Crippen LogP contribution in [0.4, 0.5) is 0 Å². The van der Waals surface area contributed by atoms with Crippen molar-refractivity contribution in [3.8, 4) is 0 Å². The maximum absolute atomic E-state index is 12.5. The van der Waals surface area contributed by atoms with Crippen LogP contribution in [0.5, 0.6) is 0 Å². The fraction of sp³-hybridized carbons (Fsp3) is 0.950. The number of hydrogen-bond donors (Lipinski definition) is 1. The Morgan fingerprint density at radius 1 is 1.00 bits per heavy atom. The Balaban J connectivity index is 1.14. The van der Waals surface area contributed by atoms with Crippen LogP contribution in [0.3, 0.4) is 0 Å². The van der Waals surface area contributed by atoms with Gasteiger partial charge in [0.25, 0.3) is 0 Å². The summed E-state index contributed by atoms with van der Waals surface area (Å²) in [6, 6.07) is 0.687. The number of hydrogen-bond acceptors (Lipinski definition) is 3. The Kier molecular flexibility index (Phi) is 5.43. The molecule has 1 N–H and O–H groups in total. The SMILES string of the molecule is O=C(NCCC1CC2CCC1C2)C1CCC(N2CCOCC2)CC1. The average molecular weight is 335 g/mol. The highest BCUT2D eigenvalue weighted by atomic mass is 16.5. The van der Waals surface area contributed by atoms with E-state index in [-0.39, 0.29) is 5.92 Å². The zero-order valence-corrected chi connectivity index (χ0v) is 15.0. The molecule has 3 aliphatic carbocycles. The number of nitrogens with one attached hydrogen (secondary N) is 1. The van der Waals surface area contributed by atoms with Gasteiger partial charge >= 0.3 is 0 Å². The topological polar surface area (TPSA) is 41.6 Å². The molecule has 0 aromatic rings. The molecule has 0 radical (unpaired) electrons. The highest BCUT2D eigenvalue weighted by Crippen LogP contribution is 2.49. The summed E-state index contributed by atoms with van der Waals surface area (Å²) in [5.74, 6) is 3.50. The van der Waals surface area contributed by atoms with E-state index >= 15 is 0 Å². The van der Waals surface area contributed by atoms with E-state index in [2.05, 4.69) is 10.2 Å². The van der Waals surface area contributed by atoms with Crippen LogP contribution in [-0.2, 0) is 9.53 Å². The third kappa shape index (κ3) is 3.80. The van der Waals surface area contributed by atoms with Crippen LogP contribution < -0.4 is 5.32 Å². The molecule has 0 aromatic heterocycles. The molecular weight excluding hydrogens is 300 g/mol. The first-order chi connectivity index (χ1) is 11.8. The smallest absolute Gasteiger partial charge is 0.223 e. The summed E-state index contributed by atoms with van der Waals surface area (Å²) < 4.78 is 5.45. The van der Waals surface area contributed by atoms with Crippen molar-refractivity contribution in [2.45, 2.75) is 63.8 Å². The fourth-order valence-corrected chi connectivity index (χ4v) is 5.90. The monoisotopic (exact) mass is 334 g/mol. The van der Waals surface area contributed by atoms with Gasteiger partial charge in [0.2, 0.25) is 5.91 Å². The zero-order chi connectivity index (χ0) is 16.4. The summed E-state index contributed by atoms with van der Waals surface area (Å²) >= 11 is 0. The molecule has 0 aromatic carbocycles. The molecular formula is C20H34N2O2. The van der Waals surface area contributed by atoms with E-state index in [1.807, 2.05) is 0 Å². The first kappa shape index (κ1) is 16.8. The third-order valence-electron chi connectivity index (χ3n) is 7.33. The molecule has 24 heavy (non-hydrogen) atoms. The van der Waals surface area contributed by atoms with Gasteiger partial charge in [0.1, 0.15) is 0 Å². The molecule has 1 heterocycles.